The number of aromatic amines is 1. The lowest BCUT2D eigenvalue weighted by molar-refractivity contribution is 0.600. The van der Waals surface area contributed by atoms with Gasteiger partial charge in [-0.25, -0.2) is 4.98 Å². The van der Waals surface area contributed by atoms with Crippen LogP contribution in [-0.2, 0) is 6.54 Å². The molecule has 1 fully saturated rings. The second-order valence-corrected chi connectivity index (χ2v) is 5.03. The number of pyridine rings is 1. The molecule has 0 atom stereocenters. The number of rotatable bonds is 3. The first kappa shape index (κ1) is 10.0. The summed E-state index contributed by atoms with van der Waals surface area (Å²) in [5.74, 6) is 0.927. The minimum atomic E-state index is 0.803. The van der Waals surface area contributed by atoms with E-state index in [1.807, 2.05) is 12.3 Å². The molecule has 84 valence electrons. The quantitative estimate of drug-likeness (QED) is 0.826. The topological polar surface area (TPSA) is 33.6 Å². The number of imidazole rings is 1. The third kappa shape index (κ3) is 1.67. The van der Waals surface area contributed by atoms with Gasteiger partial charge in [-0.2, -0.15) is 0 Å². The van der Waals surface area contributed by atoms with Gasteiger partial charge in [0.15, 0.2) is 10.4 Å². The Morgan fingerprint density at radius 2 is 2.38 bits per heavy atom. The van der Waals surface area contributed by atoms with Crippen LogP contribution in [0, 0.1) is 17.6 Å². The second-order valence-electron chi connectivity index (χ2n) is 4.64. The summed E-state index contributed by atoms with van der Waals surface area (Å²) in [6, 6.07) is 2.01. The molecule has 2 aromatic heterocycles. The predicted molar refractivity (Wildman–Crippen MR) is 67.0 cm³/mol. The van der Waals surface area contributed by atoms with Crippen LogP contribution in [0.2, 0.25) is 0 Å². The molecule has 2 heterocycles. The fourth-order valence-corrected chi connectivity index (χ4v) is 2.38. The van der Waals surface area contributed by atoms with E-state index in [0.29, 0.717) is 0 Å². The minimum absolute atomic E-state index is 0.803. The summed E-state index contributed by atoms with van der Waals surface area (Å²) in [7, 11) is 0. The molecule has 0 aromatic carbocycles. The number of aromatic nitrogens is 3. The van der Waals surface area contributed by atoms with Crippen molar-refractivity contribution < 1.29 is 0 Å². The minimum Gasteiger partial charge on any atom is -0.329 e. The lowest BCUT2D eigenvalue weighted by atomic mass is 10.2. The smallest absolute Gasteiger partial charge is 0.179 e. The fourth-order valence-electron chi connectivity index (χ4n) is 2.10. The van der Waals surface area contributed by atoms with Crippen molar-refractivity contribution in [1.82, 2.24) is 14.5 Å². The van der Waals surface area contributed by atoms with Crippen molar-refractivity contribution in [2.45, 2.75) is 32.7 Å². The van der Waals surface area contributed by atoms with Gasteiger partial charge in [0.25, 0.3) is 0 Å². The van der Waals surface area contributed by atoms with Crippen LogP contribution in [0.5, 0.6) is 0 Å². The zero-order valence-electron chi connectivity index (χ0n) is 9.36. The van der Waals surface area contributed by atoms with E-state index in [1.165, 1.54) is 24.8 Å². The van der Waals surface area contributed by atoms with E-state index >= 15 is 0 Å². The van der Waals surface area contributed by atoms with Crippen molar-refractivity contribution in [3.8, 4) is 0 Å². The Hall–Kier alpha value is -1.16. The molecule has 2 aromatic rings. The maximum absolute atomic E-state index is 5.35. The van der Waals surface area contributed by atoms with Gasteiger partial charge in [-0.3, -0.25) is 0 Å². The average molecular weight is 233 g/mol. The third-order valence-corrected chi connectivity index (χ3v) is 3.65. The van der Waals surface area contributed by atoms with Gasteiger partial charge >= 0.3 is 0 Å². The number of aryl methyl sites for hydroxylation is 2. The van der Waals surface area contributed by atoms with Crippen LogP contribution >= 0.6 is 12.2 Å². The first-order valence-electron chi connectivity index (χ1n) is 5.80. The summed E-state index contributed by atoms with van der Waals surface area (Å²) in [6.45, 7) is 3.08. The molecule has 1 aliphatic rings. The summed E-state index contributed by atoms with van der Waals surface area (Å²) >= 11 is 5.35. The van der Waals surface area contributed by atoms with Crippen LogP contribution < -0.4 is 0 Å². The Bertz CT molecular complexity index is 577. The predicted octanol–water partition coefficient (Wildman–Crippen LogP) is 3.20. The lowest BCUT2D eigenvalue weighted by Gasteiger charge is -2.02. The van der Waals surface area contributed by atoms with Crippen LogP contribution in [0.25, 0.3) is 11.2 Å². The molecular weight excluding hydrogens is 218 g/mol. The van der Waals surface area contributed by atoms with E-state index in [9.17, 15) is 0 Å². The van der Waals surface area contributed by atoms with E-state index < -0.39 is 0 Å². The molecule has 3 rings (SSSR count). The van der Waals surface area contributed by atoms with Gasteiger partial charge in [-0.1, -0.05) is 12.8 Å². The van der Waals surface area contributed by atoms with Crippen LogP contribution in [0.3, 0.4) is 0 Å². The zero-order valence-corrected chi connectivity index (χ0v) is 10.2. The van der Waals surface area contributed by atoms with Crippen LogP contribution in [-0.4, -0.2) is 14.5 Å². The monoisotopic (exact) mass is 233 g/mol. The molecule has 0 spiro atoms. The highest BCUT2D eigenvalue weighted by molar-refractivity contribution is 7.71. The maximum atomic E-state index is 5.35. The van der Waals surface area contributed by atoms with Gasteiger partial charge in [-0.05, 0) is 43.1 Å². The Balaban J connectivity index is 2.04. The van der Waals surface area contributed by atoms with Crippen molar-refractivity contribution in [2.24, 2.45) is 5.92 Å². The molecule has 0 unspecified atom stereocenters. The van der Waals surface area contributed by atoms with Crippen LogP contribution in [0.4, 0.5) is 0 Å². The van der Waals surface area contributed by atoms with Crippen molar-refractivity contribution in [1.29, 1.82) is 0 Å². The molecule has 1 N–H and O–H groups in total. The highest BCUT2D eigenvalue weighted by atomic mass is 32.1. The average Bonchev–Trinajstić information content (AvgIpc) is 3.02. The second kappa shape index (κ2) is 3.70. The highest BCUT2D eigenvalue weighted by Gasteiger charge is 2.21. The number of nitrogens with one attached hydrogen (secondary N) is 1. The van der Waals surface area contributed by atoms with Crippen molar-refractivity contribution in [2.75, 3.05) is 0 Å². The van der Waals surface area contributed by atoms with Gasteiger partial charge < -0.3 is 9.55 Å². The van der Waals surface area contributed by atoms with Gasteiger partial charge in [0, 0.05) is 12.7 Å². The van der Waals surface area contributed by atoms with E-state index in [4.69, 9.17) is 12.2 Å². The first-order chi connectivity index (χ1) is 7.75. The van der Waals surface area contributed by atoms with Gasteiger partial charge in [0.05, 0.1) is 5.52 Å². The molecule has 0 saturated heterocycles. The Labute approximate surface area is 99.5 Å². The zero-order chi connectivity index (χ0) is 11.1. The summed E-state index contributed by atoms with van der Waals surface area (Å²) < 4.78 is 2.94. The number of fused-ring (bicyclic) bond motifs is 1. The molecule has 16 heavy (non-hydrogen) atoms. The van der Waals surface area contributed by atoms with E-state index in [-0.39, 0.29) is 0 Å². The van der Waals surface area contributed by atoms with E-state index in [2.05, 4.69) is 21.5 Å². The maximum Gasteiger partial charge on any atom is 0.179 e. The normalized spacial score (nSPS) is 15.8. The Kier molecular flexibility index (Phi) is 2.32. The number of hydrogen-bond acceptors (Lipinski definition) is 2. The highest BCUT2D eigenvalue weighted by Crippen LogP contribution is 2.33. The van der Waals surface area contributed by atoms with Crippen molar-refractivity contribution in [3.05, 3.63) is 22.6 Å². The fraction of sp³-hybridized carbons (Fsp3) is 0.500. The number of nitrogens with zero attached hydrogens (tertiary/aromatic N) is 2. The lowest BCUT2D eigenvalue weighted by Crippen LogP contribution is -2.00. The summed E-state index contributed by atoms with van der Waals surface area (Å²) in [6.07, 6.45) is 5.87. The summed E-state index contributed by atoms with van der Waals surface area (Å²) in [4.78, 5) is 7.68. The summed E-state index contributed by atoms with van der Waals surface area (Å²) in [5, 5.41) is 0. The molecule has 0 aliphatic heterocycles. The van der Waals surface area contributed by atoms with Crippen molar-refractivity contribution >= 4 is 23.4 Å². The molecule has 0 amide bonds. The SMILES string of the molecule is Cc1ccnc2c1[nH]c(=S)n2CCC1CC1. The Morgan fingerprint density at radius 1 is 1.56 bits per heavy atom. The van der Waals surface area contributed by atoms with Gasteiger partial charge in [-0.15, -0.1) is 0 Å². The molecular formula is C12H15N3S. The number of H-pyrrole nitrogens is 1. The molecule has 4 heteroatoms. The molecule has 1 aliphatic carbocycles. The molecule has 0 radical (unpaired) electrons. The standard InChI is InChI=1S/C12H15N3S/c1-8-4-6-13-11-10(8)14-12(16)15(11)7-5-9-2-3-9/h4,6,9H,2-3,5,7H2,1H3,(H,14,16). The molecule has 0 bridgehead atoms. The summed E-state index contributed by atoms with van der Waals surface area (Å²) in [5.41, 5.74) is 3.30. The largest absolute Gasteiger partial charge is 0.329 e. The molecule has 3 nitrogen and oxygen atoms in total. The van der Waals surface area contributed by atoms with E-state index in [1.54, 1.807) is 0 Å². The molecule has 1 saturated carbocycles. The first-order valence-corrected chi connectivity index (χ1v) is 6.20. The van der Waals surface area contributed by atoms with Crippen molar-refractivity contribution in [3.63, 3.8) is 0 Å². The third-order valence-electron chi connectivity index (χ3n) is 3.33. The van der Waals surface area contributed by atoms with Crippen LogP contribution in [0.15, 0.2) is 12.3 Å². The number of hydrogen-bond donors (Lipinski definition) is 1. The van der Waals surface area contributed by atoms with Gasteiger partial charge in [0.1, 0.15) is 0 Å². The Morgan fingerprint density at radius 3 is 3.12 bits per heavy atom. The van der Waals surface area contributed by atoms with Crippen LogP contribution in [0.1, 0.15) is 24.8 Å². The van der Waals surface area contributed by atoms with E-state index in [0.717, 1.165) is 28.4 Å². The van der Waals surface area contributed by atoms with Gasteiger partial charge in [0.2, 0.25) is 0 Å².